The SMILES string of the molecule is Cc1oc(-c2ccccc2)nc1C(=O)NC(C)c1ccc(OC(F)(F)F)cc1. The maximum Gasteiger partial charge on any atom is 0.573 e. The standard InChI is InChI=1S/C20H17F3N2O3/c1-12(14-8-10-16(11-9-14)28-20(21,22)23)24-18(26)17-13(2)27-19(25-17)15-6-4-3-5-7-15/h3-12H,1-2H3,(H,24,26). The fourth-order valence-electron chi connectivity index (χ4n) is 2.62. The summed E-state index contributed by atoms with van der Waals surface area (Å²) in [5.74, 6) is -0.0526. The van der Waals surface area contributed by atoms with Gasteiger partial charge in [0, 0.05) is 5.56 Å². The van der Waals surface area contributed by atoms with Crippen molar-refractivity contribution in [3.05, 3.63) is 71.6 Å². The van der Waals surface area contributed by atoms with Gasteiger partial charge in [0.2, 0.25) is 5.89 Å². The van der Waals surface area contributed by atoms with E-state index in [0.29, 0.717) is 17.2 Å². The molecule has 1 aromatic heterocycles. The molecule has 3 rings (SSSR count). The van der Waals surface area contributed by atoms with E-state index in [1.807, 2.05) is 30.3 Å². The highest BCUT2D eigenvalue weighted by molar-refractivity contribution is 5.94. The number of hydrogen-bond donors (Lipinski definition) is 1. The summed E-state index contributed by atoms with van der Waals surface area (Å²) in [4.78, 5) is 16.8. The molecule has 0 saturated carbocycles. The second kappa shape index (κ2) is 7.75. The van der Waals surface area contributed by atoms with Crippen LogP contribution in [0.25, 0.3) is 11.5 Å². The first-order chi connectivity index (χ1) is 13.2. The lowest BCUT2D eigenvalue weighted by Gasteiger charge is -2.15. The fraction of sp³-hybridized carbons (Fsp3) is 0.200. The Labute approximate surface area is 159 Å². The Morgan fingerprint density at radius 2 is 1.75 bits per heavy atom. The zero-order valence-electron chi connectivity index (χ0n) is 15.1. The number of rotatable bonds is 5. The Morgan fingerprint density at radius 1 is 1.11 bits per heavy atom. The number of carbonyl (C=O) groups excluding carboxylic acids is 1. The number of oxazole rings is 1. The number of aryl methyl sites for hydroxylation is 1. The van der Waals surface area contributed by atoms with Crippen molar-refractivity contribution in [1.82, 2.24) is 10.3 Å². The maximum absolute atomic E-state index is 12.5. The molecule has 1 N–H and O–H groups in total. The van der Waals surface area contributed by atoms with E-state index < -0.39 is 18.3 Å². The summed E-state index contributed by atoms with van der Waals surface area (Å²) in [5.41, 5.74) is 1.52. The minimum atomic E-state index is -4.75. The highest BCUT2D eigenvalue weighted by Crippen LogP contribution is 2.25. The molecule has 2 aromatic carbocycles. The van der Waals surface area contributed by atoms with Gasteiger partial charge in [-0.3, -0.25) is 4.79 Å². The molecule has 0 radical (unpaired) electrons. The number of nitrogens with one attached hydrogen (secondary N) is 1. The molecule has 8 heteroatoms. The van der Waals surface area contributed by atoms with Gasteiger partial charge in [-0.05, 0) is 43.7 Å². The van der Waals surface area contributed by atoms with E-state index in [9.17, 15) is 18.0 Å². The molecular weight excluding hydrogens is 373 g/mol. The van der Waals surface area contributed by atoms with E-state index in [0.717, 1.165) is 5.56 Å². The van der Waals surface area contributed by atoms with Crippen LogP contribution in [0.5, 0.6) is 5.75 Å². The average Bonchev–Trinajstić information content (AvgIpc) is 3.03. The fourth-order valence-corrected chi connectivity index (χ4v) is 2.62. The number of alkyl halides is 3. The average molecular weight is 390 g/mol. The quantitative estimate of drug-likeness (QED) is 0.663. The summed E-state index contributed by atoms with van der Waals surface area (Å²) in [6.07, 6.45) is -4.75. The van der Waals surface area contributed by atoms with Crippen LogP contribution in [-0.4, -0.2) is 17.3 Å². The second-order valence-electron chi connectivity index (χ2n) is 6.10. The molecule has 3 aromatic rings. The number of carbonyl (C=O) groups is 1. The minimum absolute atomic E-state index is 0.155. The predicted octanol–water partition coefficient (Wildman–Crippen LogP) is 5.04. The molecule has 1 heterocycles. The van der Waals surface area contributed by atoms with E-state index in [1.165, 1.54) is 24.3 Å². The van der Waals surface area contributed by atoms with Crippen LogP contribution in [0.15, 0.2) is 59.0 Å². The van der Waals surface area contributed by atoms with Crippen molar-refractivity contribution in [3.63, 3.8) is 0 Å². The third-order valence-corrected chi connectivity index (χ3v) is 3.99. The summed E-state index contributed by atoms with van der Waals surface area (Å²) in [7, 11) is 0. The molecule has 1 unspecified atom stereocenters. The number of halogens is 3. The van der Waals surface area contributed by atoms with Crippen molar-refractivity contribution >= 4 is 5.91 Å². The van der Waals surface area contributed by atoms with Gasteiger partial charge in [0.25, 0.3) is 5.91 Å². The zero-order valence-corrected chi connectivity index (χ0v) is 15.1. The highest BCUT2D eigenvalue weighted by atomic mass is 19.4. The Hall–Kier alpha value is -3.29. The summed E-state index contributed by atoms with van der Waals surface area (Å²) in [6.45, 7) is 3.35. The Morgan fingerprint density at radius 3 is 2.36 bits per heavy atom. The molecule has 1 atom stereocenters. The van der Waals surface area contributed by atoms with Crippen LogP contribution in [0.3, 0.4) is 0 Å². The van der Waals surface area contributed by atoms with Gasteiger partial charge in [-0.2, -0.15) is 0 Å². The predicted molar refractivity (Wildman–Crippen MR) is 95.7 cm³/mol. The molecule has 0 saturated heterocycles. The lowest BCUT2D eigenvalue weighted by Crippen LogP contribution is -2.27. The van der Waals surface area contributed by atoms with E-state index in [-0.39, 0.29) is 11.4 Å². The highest BCUT2D eigenvalue weighted by Gasteiger charge is 2.31. The summed E-state index contributed by atoms with van der Waals surface area (Å²) in [6, 6.07) is 14.0. The van der Waals surface area contributed by atoms with Gasteiger partial charge in [-0.15, -0.1) is 13.2 Å². The van der Waals surface area contributed by atoms with Crippen LogP contribution in [0.4, 0.5) is 13.2 Å². The number of hydrogen-bond acceptors (Lipinski definition) is 4. The van der Waals surface area contributed by atoms with Crippen LogP contribution in [0.2, 0.25) is 0 Å². The zero-order chi connectivity index (χ0) is 20.3. The largest absolute Gasteiger partial charge is 0.573 e. The molecule has 0 aliphatic rings. The van der Waals surface area contributed by atoms with Crippen molar-refractivity contribution in [3.8, 4) is 17.2 Å². The third kappa shape index (κ3) is 4.70. The molecule has 1 amide bonds. The van der Waals surface area contributed by atoms with E-state index in [2.05, 4.69) is 15.0 Å². The van der Waals surface area contributed by atoms with Crippen LogP contribution < -0.4 is 10.1 Å². The first-order valence-electron chi connectivity index (χ1n) is 8.42. The molecule has 0 aliphatic carbocycles. The van der Waals surface area contributed by atoms with Crippen molar-refractivity contribution in [2.45, 2.75) is 26.3 Å². The van der Waals surface area contributed by atoms with Gasteiger partial charge in [-0.1, -0.05) is 30.3 Å². The first kappa shape index (κ1) is 19.5. The minimum Gasteiger partial charge on any atom is -0.441 e. The number of ether oxygens (including phenoxy) is 1. The third-order valence-electron chi connectivity index (χ3n) is 3.99. The van der Waals surface area contributed by atoms with Crippen molar-refractivity contribution in [2.75, 3.05) is 0 Å². The molecule has 0 spiro atoms. The van der Waals surface area contributed by atoms with Crippen molar-refractivity contribution in [1.29, 1.82) is 0 Å². The smallest absolute Gasteiger partial charge is 0.441 e. The van der Waals surface area contributed by atoms with Crippen molar-refractivity contribution in [2.24, 2.45) is 0 Å². The lowest BCUT2D eigenvalue weighted by molar-refractivity contribution is -0.274. The molecule has 5 nitrogen and oxygen atoms in total. The number of benzene rings is 2. The topological polar surface area (TPSA) is 64.4 Å². The number of nitrogens with zero attached hydrogens (tertiary/aromatic N) is 1. The van der Waals surface area contributed by atoms with E-state index in [1.54, 1.807) is 13.8 Å². The Balaban J connectivity index is 1.70. The van der Waals surface area contributed by atoms with Gasteiger partial charge < -0.3 is 14.5 Å². The Bertz CT molecular complexity index is 951. The summed E-state index contributed by atoms with van der Waals surface area (Å²) < 4.78 is 46.1. The maximum atomic E-state index is 12.5. The van der Waals surface area contributed by atoms with Crippen molar-refractivity contribution < 1.29 is 27.1 Å². The van der Waals surface area contributed by atoms with Gasteiger partial charge in [0.05, 0.1) is 6.04 Å². The van der Waals surface area contributed by atoms with Crippen LogP contribution in [-0.2, 0) is 0 Å². The second-order valence-corrected chi connectivity index (χ2v) is 6.10. The first-order valence-corrected chi connectivity index (χ1v) is 8.42. The molecule has 28 heavy (non-hydrogen) atoms. The van der Waals surface area contributed by atoms with Gasteiger partial charge in [0.15, 0.2) is 5.69 Å². The van der Waals surface area contributed by atoms with Crippen LogP contribution in [0.1, 0.15) is 34.8 Å². The molecule has 146 valence electrons. The normalized spacial score (nSPS) is 12.5. The number of amides is 1. The molecule has 0 bridgehead atoms. The number of aromatic nitrogens is 1. The van der Waals surface area contributed by atoms with Gasteiger partial charge in [-0.25, -0.2) is 4.98 Å². The van der Waals surface area contributed by atoms with E-state index in [4.69, 9.17) is 4.42 Å². The molecule has 0 aliphatic heterocycles. The van der Waals surface area contributed by atoms with E-state index >= 15 is 0 Å². The summed E-state index contributed by atoms with van der Waals surface area (Å²) in [5, 5.41) is 2.76. The van der Waals surface area contributed by atoms with Crippen LogP contribution >= 0.6 is 0 Å². The van der Waals surface area contributed by atoms with Gasteiger partial charge >= 0.3 is 6.36 Å². The lowest BCUT2D eigenvalue weighted by atomic mass is 10.1. The summed E-state index contributed by atoms with van der Waals surface area (Å²) >= 11 is 0. The Kier molecular flexibility index (Phi) is 5.39. The van der Waals surface area contributed by atoms with Crippen LogP contribution in [0, 0.1) is 6.92 Å². The molecule has 0 fully saturated rings. The molecular formula is C20H17F3N2O3. The van der Waals surface area contributed by atoms with Gasteiger partial charge in [0.1, 0.15) is 11.5 Å². The monoisotopic (exact) mass is 390 g/mol.